The zero-order chi connectivity index (χ0) is 19.5. The molecule has 0 bridgehead atoms. The molecule has 5 heteroatoms. The normalized spacial score (nSPS) is 17.0. The van der Waals surface area contributed by atoms with Crippen LogP contribution < -0.4 is 9.47 Å². The van der Waals surface area contributed by atoms with Crippen molar-refractivity contribution in [1.29, 1.82) is 0 Å². The van der Waals surface area contributed by atoms with Crippen LogP contribution >= 0.6 is 11.6 Å². The fourth-order valence-corrected chi connectivity index (χ4v) is 4.19. The second-order valence-electron chi connectivity index (χ2n) is 7.08. The van der Waals surface area contributed by atoms with Crippen LogP contribution in [0.1, 0.15) is 29.3 Å². The molecular weight excluding hydrogens is 372 g/mol. The Morgan fingerprint density at radius 2 is 1.82 bits per heavy atom. The smallest absolute Gasteiger partial charge is 0.123 e. The molecule has 1 atom stereocenters. The number of aryl methyl sites for hydroxylation is 1. The molecule has 0 aliphatic carbocycles. The summed E-state index contributed by atoms with van der Waals surface area (Å²) in [4.78, 5) is 2.51. The summed E-state index contributed by atoms with van der Waals surface area (Å²) in [6, 6.07) is 18.7. The maximum absolute atomic E-state index is 6.15. The van der Waals surface area contributed by atoms with E-state index in [4.69, 9.17) is 21.1 Å². The average Bonchev–Trinajstić information content (AvgIpc) is 3.10. The molecule has 1 aliphatic rings. The molecule has 0 spiro atoms. The lowest BCUT2D eigenvalue weighted by Gasteiger charge is -2.31. The van der Waals surface area contributed by atoms with Crippen molar-refractivity contribution in [2.75, 3.05) is 20.8 Å². The lowest BCUT2D eigenvalue weighted by molar-refractivity contribution is 0.217. The molecule has 4 rings (SSSR count). The molecule has 2 heterocycles. The number of benzene rings is 2. The van der Waals surface area contributed by atoms with Gasteiger partial charge in [0.2, 0.25) is 0 Å². The zero-order valence-electron chi connectivity index (χ0n) is 16.3. The van der Waals surface area contributed by atoms with Gasteiger partial charge in [-0.1, -0.05) is 23.7 Å². The van der Waals surface area contributed by atoms with Crippen LogP contribution in [0.5, 0.6) is 11.5 Å². The van der Waals surface area contributed by atoms with Crippen molar-refractivity contribution in [2.24, 2.45) is 0 Å². The third-order valence-corrected chi connectivity index (χ3v) is 5.65. The molecule has 1 aliphatic heterocycles. The topological polar surface area (TPSA) is 26.6 Å². The van der Waals surface area contributed by atoms with Gasteiger partial charge in [0.15, 0.2) is 0 Å². The predicted molar refractivity (Wildman–Crippen MR) is 112 cm³/mol. The second kappa shape index (κ2) is 8.29. The van der Waals surface area contributed by atoms with Gasteiger partial charge in [-0.25, -0.2) is 0 Å². The maximum Gasteiger partial charge on any atom is 0.123 e. The van der Waals surface area contributed by atoms with Crippen molar-refractivity contribution in [3.05, 3.63) is 82.6 Å². The van der Waals surface area contributed by atoms with Crippen LogP contribution in [0.3, 0.4) is 0 Å². The number of methoxy groups -OCH3 is 2. The molecule has 3 aromatic rings. The summed E-state index contributed by atoms with van der Waals surface area (Å²) in [5, 5.41) is 0.758. The molecule has 1 aromatic heterocycles. The average molecular weight is 397 g/mol. The molecule has 1 unspecified atom stereocenters. The van der Waals surface area contributed by atoms with E-state index in [9.17, 15) is 0 Å². The third-order valence-electron chi connectivity index (χ3n) is 5.40. The van der Waals surface area contributed by atoms with Crippen molar-refractivity contribution in [3.63, 3.8) is 0 Å². The molecule has 4 nitrogen and oxygen atoms in total. The van der Waals surface area contributed by atoms with Crippen LogP contribution in [-0.2, 0) is 13.1 Å². The van der Waals surface area contributed by atoms with Gasteiger partial charge in [-0.3, -0.25) is 4.90 Å². The first-order valence-corrected chi connectivity index (χ1v) is 9.93. The van der Waals surface area contributed by atoms with E-state index in [1.807, 2.05) is 24.3 Å². The SMILES string of the molecule is COc1ccc(OC)c(CN2CCCn3cccc3C2c2ccc(Cl)cc2)c1. The molecule has 0 amide bonds. The number of nitrogens with zero attached hydrogens (tertiary/aromatic N) is 2. The Hall–Kier alpha value is -2.43. The standard InChI is InChI=1S/C23H25ClN2O2/c1-27-20-10-11-22(28-2)18(15-20)16-26-14-4-13-25-12-3-5-21(25)23(26)17-6-8-19(24)9-7-17/h3,5-12,15,23H,4,13-14,16H2,1-2H3. The fourth-order valence-electron chi connectivity index (χ4n) is 4.06. The number of fused-ring (bicyclic) bond motifs is 1. The van der Waals surface area contributed by atoms with Crippen LogP contribution in [0.25, 0.3) is 0 Å². The second-order valence-corrected chi connectivity index (χ2v) is 7.52. The van der Waals surface area contributed by atoms with Crippen LogP contribution in [0.15, 0.2) is 60.8 Å². The van der Waals surface area contributed by atoms with Crippen molar-refractivity contribution in [3.8, 4) is 11.5 Å². The lowest BCUT2D eigenvalue weighted by Crippen LogP contribution is -2.29. The van der Waals surface area contributed by atoms with Gasteiger partial charge in [0.05, 0.1) is 20.3 Å². The van der Waals surface area contributed by atoms with Crippen molar-refractivity contribution in [2.45, 2.75) is 25.6 Å². The summed E-state index contributed by atoms with van der Waals surface area (Å²) >= 11 is 6.15. The highest BCUT2D eigenvalue weighted by molar-refractivity contribution is 6.30. The van der Waals surface area contributed by atoms with E-state index in [0.717, 1.165) is 48.1 Å². The van der Waals surface area contributed by atoms with Gasteiger partial charge in [0.25, 0.3) is 0 Å². The first-order valence-electron chi connectivity index (χ1n) is 9.55. The van der Waals surface area contributed by atoms with E-state index in [1.54, 1.807) is 14.2 Å². The quantitative estimate of drug-likeness (QED) is 0.596. The number of aromatic nitrogens is 1. The molecular formula is C23H25ClN2O2. The minimum absolute atomic E-state index is 0.158. The zero-order valence-corrected chi connectivity index (χ0v) is 17.0. The minimum Gasteiger partial charge on any atom is -0.497 e. The van der Waals surface area contributed by atoms with Gasteiger partial charge >= 0.3 is 0 Å². The molecule has 146 valence electrons. The minimum atomic E-state index is 0.158. The highest BCUT2D eigenvalue weighted by Gasteiger charge is 2.28. The predicted octanol–water partition coefficient (Wildman–Crippen LogP) is 5.15. The highest BCUT2D eigenvalue weighted by Crippen LogP contribution is 2.35. The van der Waals surface area contributed by atoms with E-state index in [1.165, 1.54) is 11.3 Å². The van der Waals surface area contributed by atoms with Crippen molar-refractivity contribution in [1.82, 2.24) is 9.47 Å². The summed E-state index contributed by atoms with van der Waals surface area (Å²) in [5.74, 6) is 1.73. The van der Waals surface area contributed by atoms with E-state index < -0.39 is 0 Å². The van der Waals surface area contributed by atoms with Crippen LogP contribution in [0, 0.1) is 0 Å². The molecule has 0 N–H and O–H groups in total. The summed E-state index contributed by atoms with van der Waals surface area (Å²) in [6.07, 6.45) is 3.27. The third kappa shape index (κ3) is 3.75. The van der Waals surface area contributed by atoms with Gasteiger partial charge in [-0.05, 0) is 54.4 Å². The van der Waals surface area contributed by atoms with Crippen LogP contribution in [0.4, 0.5) is 0 Å². The Morgan fingerprint density at radius 1 is 1.00 bits per heavy atom. The molecule has 2 aromatic carbocycles. The Morgan fingerprint density at radius 3 is 2.57 bits per heavy atom. The Bertz CT molecular complexity index is 936. The number of hydrogen-bond acceptors (Lipinski definition) is 3. The number of hydrogen-bond donors (Lipinski definition) is 0. The van der Waals surface area contributed by atoms with Crippen LogP contribution in [-0.4, -0.2) is 30.2 Å². The van der Waals surface area contributed by atoms with Gasteiger partial charge in [-0.15, -0.1) is 0 Å². The summed E-state index contributed by atoms with van der Waals surface area (Å²) in [7, 11) is 3.41. The van der Waals surface area contributed by atoms with E-state index in [2.05, 4.69) is 46.0 Å². The lowest BCUT2D eigenvalue weighted by atomic mass is 10.0. The summed E-state index contributed by atoms with van der Waals surface area (Å²) in [6.45, 7) is 2.80. The molecule has 0 saturated heterocycles. The van der Waals surface area contributed by atoms with Crippen LogP contribution in [0.2, 0.25) is 5.02 Å². The first kappa shape index (κ1) is 18.9. The van der Waals surface area contributed by atoms with Gasteiger partial charge < -0.3 is 14.0 Å². The van der Waals surface area contributed by atoms with Gasteiger partial charge in [-0.2, -0.15) is 0 Å². The fraction of sp³-hybridized carbons (Fsp3) is 0.304. The molecule has 0 fully saturated rings. The maximum atomic E-state index is 6.15. The number of ether oxygens (including phenoxy) is 2. The summed E-state index contributed by atoms with van der Waals surface area (Å²) < 4.78 is 13.4. The van der Waals surface area contributed by atoms with E-state index in [-0.39, 0.29) is 6.04 Å². The number of halogens is 1. The van der Waals surface area contributed by atoms with Crippen molar-refractivity contribution >= 4 is 11.6 Å². The Balaban J connectivity index is 1.75. The van der Waals surface area contributed by atoms with Gasteiger partial charge in [0, 0.05) is 42.1 Å². The van der Waals surface area contributed by atoms with E-state index in [0.29, 0.717) is 0 Å². The highest BCUT2D eigenvalue weighted by atomic mass is 35.5. The monoisotopic (exact) mass is 396 g/mol. The Kier molecular flexibility index (Phi) is 5.60. The molecule has 0 radical (unpaired) electrons. The number of rotatable bonds is 5. The Labute approximate surface area is 171 Å². The largest absolute Gasteiger partial charge is 0.497 e. The summed E-state index contributed by atoms with van der Waals surface area (Å²) in [5.41, 5.74) is 3.68. The molecule has 28 heavy (non-hydrogen) atoms. The molecule has 0 saturated carbocycles. The van der Waals surface area contributed by atoms with E-state index >= 15 is 0 Å². The van der Waals surface area contributed by atoms with Crippen molar-refractivity contribution < 1.29 is 9.47 Å². The first-order chi connectivity index (χ1) is 13.7. The van der Waals surface area contributed by atoms with Gasteiger partial charge in [0.1, 0.15) is 11.5 Å².